The van der Waals surface area contributed by atoms with Crippen molar-refractivity contribution in [3.8, 4) is 5.75 Å². The summed E-state index contributed by atoms with van der Waals surface area (Å²) in [6.07, 6.45) is 0. The topological polar surface area (TPSA) is 87.0 Å². The Morgan fingerprint density at radius 2 is 1.29 bits per heavy atom. The van der Waals surface area contributed by atoms with Gasteiger partial charge in [-0.1, -0.05) is 53.7 Å². The van der Waals surface area contributed by atoms with Crippen molar-refractivity contribution in [1.82, 2.24) is 0 Å². The molecule has 0 aliphatic carbocycles. The van der Waals surface area contributed by atoms with Gasteiger partial charge in [-0.25, -0.2) is 4.57 Å². The largest absolute Gasteiger partial charge is 0.508 e. The zero-order valence-corrected chi connectivity index (χ0v) is 14.3. The quantitative estimate of drug-likeness (QED) is 0.739. The molecule has 0 amide bonds. The summed E-state index contributed by atoms with van der Waals surface area (Å²) in [5.41, 5.74) is -1.80. The molecule has 0 radical (unpaired) electrons. The number of hydrogen-bond acceptors (Lipinski definition) is 3. The van der Waals surface area contributed by atoms with Gasteiger partial charge in [-0.05, 0) is 28.5 Å². The predicted octanol–water partition coefficient (Wildman–Crippen LogP) is 3.79. The monoisotopic (exact) mass is 316 g/mol. The lowest BCUT2D eigenvalue weighted by atomic mass is 9.59. The summed E-state index contributed by atoms with van der Waals surface area (Å²) in [4.78, 5) is 18.9. The third-order valence-electron chi connectivity index (χ3n) is 3.64. The van der Waals surface area contributed by atoms with E-state index in [0.29, 0.717) is 5.56 Å². The van der Waals surface area contributed by atoms with Crippen LogP contribution in [0.1, 0.15) is 47.1 Å². The number of benzene rings is 1. The molecule has 0 saturated carbocycles. The average Bonchev–Trinajstić information content (AvgIpc) is 2.22. The maximum atomic E-state index is 11.6. The van der Waals surface area contributed by atoms with E-state index in [1.807, 2.05) is 41.5 Å². The van der Waals surface area contributed by atoms with Crippen LogP contribution in [-0.4, -0.2) is 14.9 Å². The van der Waals surface area contributed by atoms with Crippen molar-refractivity contribution in [2.75, 3.05) is 0 Å². The number of phenols is 1. The van der Waals surface area contributed by atoms with Crippen molar-refractivity contribution in [2.45, 2.75) is 47.1 Å². The minimum Gasteiger partial charge on any atom is -0.508 e. The lowest BCUT2D eigenvalue weighted by Gasteiger charge is -2.52. The molecular formula is C15H25O5P. The van der Waals surface area contributed by atoms with Crippen molar-refractivity contribution in [3.05, 3.63) is 29.8 Å². The van der Waals surface area contributed by atoms with E-state index in [1.54, 1.807) is 12.1 Å². The molecule has 6 heteroatoms. The van der Waals surface area contributed by atoms with Crippen molar-refractivity contribution in [1.29, 1.82) is 0 Å². The van der Waals surface area contributed by atoms with Crippen LogP contribution < -0.4 is 0 Å². The number of hydrogen-bond donors (Lipinski definition) is 3. The van der Waals surface area contributed by atoms with E-state index >= 15 is 0 Å². The number of phosphoric acid groups is 1. The molecule has 0 unspecified atom stereocenters. The van der Waals surface area contributed by atoms with Crippen LogP contribution in [-0.2, 0) is 14.7 Å². The Morgan fingerprint density at radius 1 is 0.905 bits per heavy atom. The highest BCUT2D eigenvalue weighted by Crippen LogP contribution is 2.60. The van der Waals surface area contributed by atoms with Crippen molar-refractivity contribution in [2.24, 2.45) is 10.8 Å². The van der Waals surface area contributed by atoms with Gasteiger partial charge in [-0.3, -0.25) is 4.52 Å². The molecule has 1 aromatic carbocycles. The van der Waals surface area contributed by atoms with Crippen LogP contribution in [0.5, 0.6) is 5.75 Å². The first-order valence-corrected chi connectivity index (χ1v) is 8.29. The molecule has 3 N–H and O–H groups in total. The molecule has 0 aromatic heterocycles. The number of aromatic hydroxyl groups is 1. The molecule has 1 rings (SSSR count). The van der Waals surface area contributed by atoms with E-state index in [9.17, 15) is 19.5 Å². The first-order chi connectivity index (χ1) is 9.21. The average molecular weight is 316 g/mol. The second-order valence-corrected chi connectivity index (χ2v) is 8.47. The fourth-order valence-corrected chi connectivity index (χ4v) is 4.20. The van der Waals surface area contributed by atoms with Crippen molar-refractivity contribution in [3.63, 3.8) is 0 Å². The van der Waals surface area contributed by atoms with Gasteiger partial charge in [-0.15, -0.1) is 0 Å². The standard InChI is InChI=1S/C15H25O5P/c1-13(2,3)15(14(4,5)6,20-21(17,18)19)11-7-9-12(16)10-8-11/h7-10,16H,1-6H3,(H2,17,18,19). The molecule has 0 fully saturated rings. The molecule has 120 valence electrons. The highest BCUT2D eigenvalue weighted by Gasteiger charge is 2.56. The van der Waals surface area contributed by atoms with Crippen LogP contribution in [0.15, 0.2) is 24.3 Å². The van der Waals surface area contributed by atoms with Gasteiger partial charge in [0, 0.05) is 0 Å². The van der Waals surface area contributed by atoms with E-state index in [2.05, 4.69) is 0 Å². The second kappa shape index (κ2) is 5.40. The van der Waals surface area contributed by atoms with Gasteiger partial charge in [-0.2, -0.15) is 0 Å². The first-order valence-electron chi connectivity index (χ1n) is 6.76. The first kappa shape index (κ1) is 18.2. The maximum Gasteiger partial charge on any atom is 0.470 e. The van der Waals surface area contributed by atoms with Gasteiger partial charge in [0.1, 0.15) is 11.4 Å². The fourth-order valence-electron chi connectivity index (χ4n) is 3.19. The minimum absolute atomic E-state index is 0.0895. The summed E-state index contributed by atoms with van der Waals surface area (Å²) in [5, 5.41) is 9.47. The van der Waals surface area contributed by atoms with Crippen LogP contribution in [0, 0.1) is 10.8 Å². The van der Waals surface area contributed by atoms with E-state index in [-0.39, 0.29) is 5.75 Å². The fraction of sp³-hybridized carbons (Fsp3) is 0.600. The van der Waals surface area contributed by atoms with Crippen LogP contribution in [0.2, 0.25) is 0 Å². The Hall–Kier alpha value is -0.870. The highest BCUT2D eigenvalue weighted by atomic mass is 31.2. The van der Waals surface area contributed by atoms with E-state index in [1.165, 1.54) is 12.1 Å². The SMILES string of the molecule is CC(C)(C)C(OP(=O)(O)O)(c1ccc(O)cc1)C(C)(C)C. The van der Waals surface area contributed by atoms with Gasteiger partial charge in [0.15, 0.2) is 0 Å². The Balaban J connectivity index is 3.67. The van der Waals surface area contributed by atoms with Crippen LogP contribution in [0.4, 0.5) is 0 Å². The molecule has 1 aromatic rings. The number of phenolic OH excluding ortho intramolecular Hbond substituents is 1. The summed E-state index contributed by atoms with van der Waals surface area (Å²) < 4.78 is 17.0. The Morgan fingerprint density at radius 3 is 1.57 bits per heavy atom. The van der Waals surface area contributed by atoms with Crippen LogP contribution >= 0.6 is 7.82 Å². The van der Waals surface area contributed by atoms with Gasteiger partial charge in [0.2, 0.25) is 0 Å². The molecule has 21 heavy (non-hydrogen) atoms. The Kier molecular flexibility index (Phi) is 4.67. The summed E-state index contributed by atoms with van der Waals surface area (Å²) >= 11 is 0. The minimum atomic E-state index is -4.72. The molecule has 0 spiro atoms. The lowest BCUT2D eigenvalue weighted by molar-refractivity contribution is -0.135. The van der Waals surface area contributed by atoms with Crippen molar-refractivity contribution < 1.29 is 24.0 Å². The molecule has 0 atom stereocenters. The summed E-state index contributed by atoms with van der Waals surface area (Å²) in [5.74, 6) is 0.0895. The number of phosphoric ester groups is 1. The third-order valence-corrected chi connectivity index (χ3v) is 4.15. The Labute approximate surface area is 126 Å². The molecule has 0 heterocycles. The van der Waals surface area contributed by atoms with E-state index in [4.69, 9.17) is 4.52 Å². The molecule has 0 aliphatic heterocycles. The van der Waals surface area contributed by atoms with Crippen LogP contribution in [0.25, 0.3) is 0 Å². The normalized spacial score (nSPS) is 14.3. The van der Waals surface area contributed by atoms with Gasteiger partial charge in [0.25, 0.3) is 0 Å². The zero-order valence-electron chi connectivity index (χ0n) is 13.4. The zero-order chi connectivity index (χ0) is 16.7. The molecular weight excluding hydrogens is 291 g/mol. The van der Waals surface area contributed by atoms with E-state index in [0.717, 1.165) is 0 Å². The van der Waals surface area contributed by atoms with E-state index < -0.39 is 24.3 Å². The maximum absolute atomic E-state index is 11.6. The summed E-state index contributed by atoms with van der Waals surface area (Å²) in [6, 6.07) is 6.26. The second-order valence-electron chi connectivity index (χ2n) is 7.31. The molecule has 5 nitrogen and oxygen atoms in total. The van der Waals surface area contributed by atoms with Gasteiger partial charge < -0.3 is 14.9 Å². The smallest absolute Gasteiger partial charge is 0.470 e. The molecule has 0 aliphatic rings. The predicted molar refractivity (Wildman–Crippen MR) is 81.8 cm³/mol. The lowest BCUT2D eigenvalue weighted by Crippen LogP contribution is -2.51. The van der Waals surface area contributed by atoms with Gasteiger partial charge in [0.05, 0.1) is 0 Å². The number of rotatable bonds is 3. The van der Waals surface area contributed by atoms with Crippen molar-refractivity contribution >= 4 is 7.82 Å². The highest BCUT2D eigenvalue weighted by molar-refractivity contribution is 7.46. The molecule has 0 bridgehead atoms. The summed E-state index contributed by atoms with van der Waals surface area (Å²) in [7, 11) is -4.72. The molecule has 0 saturated heterocycles. The summed E-state index contributed by atoms with van der Waals surface area (Å²) in [6.45, 7) is 11.3. The van der Waals surface area contributed by atoms with Crippen LogP contribution in [0.3, 0.4) is 0 Å². The third kappa shape index (κ3) is 3.67. The Bertz CT molecular complexity index is 517. The van der Waals surface area contributed by atoms with Gasteiger partial charge >= 0.3 is 7.82 Å².